The van der Waals surface area contributed by atoms with E-state index in [1.165, 1.54) is 21.1 Å². The zero-order chi connectivity index (χ0) is 22.7. The van der Waals surface area contributed by atoms with Gasteiger partial charge < -0.3 is 4.74 Å². The molecule has 0 atom stereocenters. The van der Waals surface area contributed by atoms with Crippen LogP contribution in [0.2, 0.25) is 0 Å². The maximum Gasteiger partial charge on any atom is 0.280 e. The smallest absolute Gasteiger partial charge is 0.280 e. The molecule has 168 valence electrons. The van der Waals surface area contributed by atoms with Gasteiger partial charge in [0, 0.05) is 25.0 Å². The Morgan fingerprint density at radius 3 is 2.47 bits per heavy atom. The fourth-order valence-corrected chi connectivity index (χ4v) is 5.07. The minimum absolute atomic E-state index is 0.192. The molecular formula is C23H26N4O4S. The van der Waals surface area contributed by atoms with E-state index in [2.05, 4.69) is 17.0 Å². The fraction of sp³-hybridized carbons (Fsp3) is 0.304. The van der Waals surface area contributed by atoms with Gasteiger partial charge in [-0.1, -0.05) is 25.1 Å². The lowest BCUT2D eigenvalue weighted by Crippen LogP contribution is -2.40. The molecule has 8 nitrogen and oxygen atoms in total. The molecule has 1 aromatic heterocycles. The van der Waals surface area contributed by atoms with E-state index in [-0.39, 0.29) is 10.5 Å². The SMILES string of the molecule is CCc1ccccc1N=Cc1c(C)[nH]n(-c2ccc(S(=O)(=O)N3CCOCC3)cc2)c1=O. The van der Waals surface area contributed by atoms with E-state index in [0.717, 1.165) is 17.7 Å². The van der Waals surface area contributed by atoms with E-state index in [9.17, 15) is 13.2 Å². The summed E-state index contributed by atoms with van der Waals surface area (Å²) in [6.45, 7) is 5.32. The Kier molecular flexibility index (Phi) is 6.40. The molecule has 1 aliphatic heterocycles. The van der Waals surface area contributed by atoms with Crippen molar-refractivity contribution >= 4 is 21.9 Å². The van der Waals surface area contributed by atoms with Gasteiger partial charge in [-0.3, -0.25) is 14.9 Å². The van der Waals surface area contributed by atoms with Crippen LogP contribution in [0.25, 0.3) is 5.69 Å². The van der Waals surface area contributed by atoms with Crippen LogP contribution in [0.5, 0.6) is 0 Å². The lowest BCUT2D eigenvalue weighted by molar-refractivity contribution is 0.0730. The number of hydrogen-bond acceptors (Lipinski definition) is 5. The summed E-state index contributed by atoms with van der Waals surface area (Å²) in [6.07, 6.45) is 2.43. The molecule has 2 aromatic carbocycles. The van der Waals surface area contributed by atoms with Gasteiger partial charge >= 0.3 is 0 Å². The Labute approximate surface area is 187 Å². The van der Waals surface area contributed by atoms with Crippen LogP contribution in [0.3, 0.4) is 0 Å². The number of nitrogens with zero attached hydrogens (tertiary/aromatic N) is 3. The van der Waals surface area contributed by atoms with Crippen molar-refractivity contribution in [3.63, 3.8) is 0 Å². The first-order chi connectivity index (χ1) is 15.4. The number of nitrogens with one attached hydrogen (secondary N) is 1. The summed E-state index contributed by atoms with van der Waals surface area (Å²) in [6, 6.07) is 14.1. The molecule has 32 heavy (non-hydrogen) atoms. The maximum atomic E-state index is 13.0. The standard InChI is InChI=1S/C23H26N4O4S/c1-3-18-6-4-5-7-22(18)24-16-21-17(2)25-27(23(21)28)19-8-10-20(11-9-19)32(29,30)26-12-14-31-15-13-26/h4-11,16,25H,3,12-15H2,1-2H3. The Morgan fingerprint density at radius 2 is 1.78 bits per heavy atom. The molecule has 0 bridgehead atoms. The van der Waals surface area contributed by atoms with Crippen LogP contribution in [0.4, 0.5) is 5.69 Å². The molecule has 1 fully saturated rings. The number of aliphatic imine (C=N–C) groups is 1. The highest BCUT2D eigenvalue weighted by Crippen LogP contribution is 2.20. The number of H-pyrrole nitrogens is 1. The van der Waals surface area contributed by atoms with E-state index < -0.39 is 10.0 Å². The Balaban J connectivity index is 1.61. The number of hydrogen-bond donors (Lipinski definition) is 1. The van der Waals surface area contributed by atoms with Gasteiger partial charge in [0.2, 0.25) is 10.0 Å². The molecule has 0 spiro atoms. The van der Waals surface area contributed by atoms with Crippen LogP contribution in [-0.2, 0) is 21.2 Å². The van der Waals surface area contributed by atoms with Gasteiger partial charge in [0.25, 0.3) is 5.56 Å². The summed E-state index contributed by atoms with van der Waals surface area (Å²) >= 11 is 0. The normalized spacial score (nSPS) is 15.4. The first kappa shape index (κ1) is 22.2. The minimum atomic E-state index is -3.59. The fourth-order valence-electron chi connectivity index (χ4n) is 3.67. The molecule has 0 aliphatic carbocycles. The Hall–Kier alpha value is -3.01. The summed E-state index contributed by atoms with van der Waals surface area (Å²) in [5.41, 5.74) is 3.38. The number of benzene rings is 2. The number of aromatic amines is 1. The highest BCUT2D eigenvalue weighted by Gasteiger charge is 2.26. The zero-order valence-corrected chi connectivity index (χ0v) is 18.9. The minimum Gasteiger partial charge on any atom is -0.379 e. The molecule has 0 radical (unpaired) electrons. The van der Waals surface area contributed by atoms with Crippen LogP contribution >= 0.6 is 0 Å². The lowest BCUT2D eigenvalue weighted by atomic mass is 10.1. The largest absolute Gasteiger partial charge is 0.379 e. The topological polar surface area (TPSA) is 96.8 Å². The monoisotopic (exact) mass is 454 g/mol. The second kappa shape index (κ2) is 9.23. The van der Waals surface area contributed by atoms with Crippen molar-refractivity contribution < 1.29 is 13.2 Å². The molecular weight excluding hydrogens is 428 g/mol. The number of sulfonamides is 1. The predicted octanol–water partition coefficient (Wildman–Crippen LogP) is 2.81. The van der Waals surface area contributed by atoms with Crippen LogP contribution < -0.4 is 5.56 Å². The van der Waals surface area contributed by atoms with Crippen molar-refractivity contribution in [1.82, 2.24) is 14.1 Å². The number of ether oxygens (including phenoxy) is 1. The molecule has 2 heterocycles. The third kappa shape index (κ3) is 4.32. The van der Waals surface area contributed by atoms with Crippen molar-refractivity contribution in [2.75, 3.05) is 26.3 Å². The van der Waals surface area contributed by atoms with Crippen LogP contribution in [-0.4, -0.2) is 55.0 Å². The van der Waals surface area contributed by atoms with Gasteiger partial charge in [-0.15, -0.1) is 0 Å². The first-order valence-corrected chi connectivity index (χ1v) is 12.0. The number of rotatable bonds is 6. The van der Waals surface area contributed by atoms with Crippen molar-refractivity contribution in [2.45, 2.75) is 25.2 Å². The Morgan fingerprint density at radius 1 is 1.09 bits per heavy atom. The van der Waals surface area contributed by atoms with Crippen molar-refractivity contribution in [2.24, 2.45) is 4.99 Å². The Bertz CT molecular complexity index is 1280. The number of aromatic nitrogens is 2. The molecule has 0 amide bonds. The summed E-state index contributed by atoms with van der Waals surface area (Å²) in [5, 5.41) is 3.05. The van der Waals surface area contributed by atoms with E-state index in [0.29, 0.717) is 43.2 Å². The summed E-state index contributed by atoms with van der Waals surface area (Å²) in [7, 11) is -3.59. The lowest BCUT2D eigenvalue weighted by Gasteiger charge is -2.26. The number of aryl methyl sites for hydroxylation is 2. The molecule has 3 aromatic rings. The van der Waals surface area contributed by atoms with Crippen molar-refractivity contribution in [1.29, 1.82) is 0 Å². The molecule has 9 heteroatoms. The van der Waals surface area contributed by atoms with E-state index in [4.69, 9.17) is 4.74 Å². The second-order valence-corrected chi connectivity index (χ2v) is 9.48. The van der Waals surface area contributed by atoms with Crippen LogP contribution in [0.15, 0.2) is 63.2 Å². The molecule has 1 N–H and O–H groups in total. The van der Waals surface area contributed by atoms with Gasteiger partial charge in [-0.25, -0.2) is 13.1 Å². The van der Waals surface area contributed by atoms with E-state index in [1.54, 1.807) is 18.3 Å². The second-order valence-electron chi connectivity index (χ2n) is 7.54. The average molecular weight is 455 g/mol. The average Bonchev–Trinajstić information content (AvgIpc) is 3.11. The van der Waals surface area contributed by atoms with Gasteiger partial charge in [0.1, 0.15) is 0 Å². The van der Waals surface area contributed by atoms with Gasteiger partial charge in [-0.05, 0) is 49.2 Å². The summed E-state index contributed by atoms with van der Waals surface area (Å²) < 4.78 is 33.7. The van der Waals surface area contributed by atoms with Crippen molar-refractivity contribution in [3.05, 3.63) is 75.7 Å². The highest BCUT2D eigenvalue weighted by atomic mass is 32.2. The highest BCUT2D eigenvalue weighted by molar-refractivity contribution is 7.89. The zero-order valence-electron chi connectivity index (χ0n) is 18.1. The molecule has 0 saturated carbocycles. The molecule has 1 saturated heterocycles. The first-order valence-electron chi connectivity index (χ1n) is 10.5. The van der Waals surface area contributed by atoms with Gasteiger partial charge in [0.15, 0.2) is 0 Å². The van der Waals surface area contributed by atoms with Crippen molar-refractivity contribution in [3.8, 4) is 5.69 Å². The van der Waals surface area contributed by atoms with Gasteiger partial charge in [0.05, 0.1) is 35.0 Å². The van der Waals surface area contributed by atoms with Crippen LogP contribution in [0, 0.1) is 6.92 Å². The molecule has 0 unspecified atom stereocenters. The molecule has 4 rings (SSSR count). The summed E-state index contributed by atoms with van der Waals surface area (Å²) in [4.78, 5) is 17.7. The number of morpholine rings is 1. The molecule has 1 aliphatic rings. The van der Waals surface area contributed by atoms with E-state index >= 15 is 0 Å². The third-order valence-electron chi connectivity index (χ3n) is 5.53. The number of para-hydroxylation sites is 1. The van der Waals surface area contributed by atoms with Gasteiger partial charge in [-0.2, -0.15) is 4.31 Å². The van der Waals surface area contributed by atoms with E-state index in [1.807, 2.05) is 31.2 Å². The maximum absolute atomic E-state index is 13.0. The van der Waals surface area contributed by atoms with Crippen LogP contribution in [0.1, 0.15) is 23.7 Å². The predicted molar refractivity (Wildman–Crippen MR) is 124 cm³/mol. The summed E-state index contributed by atoms with van der Waals surface area (Å²) in [5.74, 6) is 0. The third-order valence-corrected chi connectivity index (χ3v) is 7.44. The quantitative estimate of drug-likeness (QED) is 0.579.